The second kappa shape index (κ2) is 9.42. The van der Waals surface area contributed by atoms with E-state index in [-0.39, 0.29) is 5.41 Å². The first-order valence-corrected chi connectivity index (χ1v) is 12.3. The first-order valence-electron chi connectivity index (χ1n) is 11.5. The van der Waals surface area contributed by atoms with E-state index in [9.17, 15) is 5.26 Å². The number of imidazole rings is 1. The van der Waals surface area contributed by atoms with Gasteiger partial charge in [0.25, 0.3) is 0 Å². The van der Waals surface area contributed by atoms with E-state index < -0.39 is 0 Å². The highest BCUT2D eigenvalue weighted by atomic mass is 32.1. The molecule has 2 aromatic heterocycles. The van der Waals surface area contributed by atoms with Gasteiger partial charge in [0.15, 0.2) is 0 Å². The molecule has 1 aromatic carbocycles. The topological polar surface area (TPSA) is 48.1 Å². The summed E-state index contributed by atoms with van der Waals surface area (Å²) >= 11 is 1.72. The first kappa shape index (κ1) is 21.9. The molecule has 31 heavy (non-hydrogen) atoms. The number of anilines is 1. The first-order chi connectivity index (χ1) is 15.1. The third kappa shape index (κ3) is 4.22. The van der Waals surface area contributed by atoms with Crippen LogP contribution >= 0.6 is 11.3 Å². The maximum absolute atomic E-state index is 10.1. The summed E-state index contributed by atoms with van der Waals surface area (Å²) in [5, 5.41) is 12.1. The van der Waals surface area contributed by atoms with Crippen LogP contribution in [-0.2, 0) is 12.0 Å². The lowest BCUT2D eigenvalue weighted by Gasteiger charge is -2.36. The van der Waals surface area contributed by atoms with Gasteiger partial charge in [-0.3, -0.25) is 4.90 Å². The van der Waals surface area contributed by atoms with Crippen LogP contribution in [0.4, 0.5) is 5.95 Å². The molecule has 3 heterocycles. The van der Waals surface area contributed by atoms with Crippen LogP contribution in [0.3, 0.4) is 0 Å². The summed E-state index contributed by atoms with van der Waals surface area (Å²) in [7, 11) is 0. The molecule has 0 N–H and O–H groups in total. The molecule has 0 spiro atoms. The van der Waals surface area contributed by atoms with Crippen molar-refractivity contribution in [3.8, 4) is 6.07 Å². The van der Waals surface area contributed by atoms with Gasteiger partial charge in [0, 0.05) is 37.6 Å². The Hall–Kier alpha value is -2.36. The maximum atomic E-state index is 10.1. The minimum absolute atomic E-state index is 0.315. The molecule has 0 bridgehead atoms. The molecular formula is C25H33N5S. The summed E-state index contributed by atoms with van der Waals surface area (Å²) in [4.78, 5) is 11.1. The Balaban J connectivity index is 1.35. The zero-order valence-electron chi connectivity index (χ0n) is 18.9. The molecule has 1 aliphatic rings. The van der Waals surface area contributed by atoms with E-state index in [2.05, 4.69) is 83.0 Å². The molecule has 0 aliphatic carbocycles. The number of hydrogen-bond donors (Lipinski definition) is 0. The molecular weight excluding hydrogens is 402 g/mol. The highest BCUT2D eigenvalue weighted by Crippen LogP contribution is 2.39. The predicted molar refractivity (Wildman–Crippen MR) is 130 cm³/mol. The molecule has 1 fully saturated rings. The van der Waals surface area contributed by atoms with Gasteiger partial charge in [-0.25, -0.2) is 4.98 Å². The quantitative estimate of drug-likeness (QED) is 0.492. The van der Waals surface area contributed by atoms with Gasteiger partial charge < -0.3 is 9.47 Å². The summed E-state index contributed by atoms with van der Waals surface area (Å²) < 4.78 is 2.33. The molecule has 0 saturated carbocycles. The van der Waals surface area contributed by atoms with Crippen LogP contribution in [0.1, 0.15) is 38.5 Å². The van der Waals surface area contributed by atoms with Crippen molar-refractivity contribution in [3.63, 3.8) is 0 Å². The van der Waals surface area contributed by atoms with Crippen molar-refractivity contribution >= 4 is 28.3 Å². The van der Waals surface area contributed by atoms with Crippen LogP contribution in [-0.4, -0.2) is 47.2 Å². The monoisotopic (exact) mass is 435 g/mol. The zero-order chi connectivity index (χ0) is 21.8. The fourth-order valence-corrected chi connectivity index (χ4v) is 5.89. The van der Waals surface area contributed by atoms with E-state index in [4.69, 9.17) is 4.98 Å². The molecule has 1 unspecified atom stereocenters. The van der Waals surface area contributed by atoms with Gasteiger partial charge in [-0.05, 0) is 55.8 Å². The van der Waals surface area contributed by atoms with Gasteiger partial charge in [-0.2, -0.15) is 5.26 Å². The number of nitrogens with zero attached hydrogens (tertiary/aromatic N) is 5. The Morgan fingerprint density at radius 3 is 2.55 bits per heavy atom. The molecule has 3 aromatic rings. The van der Waals surface area contributed by atoms with Crippen molar-refractivity contribution in [2.75, 3.05) is 37.6 Å². The van der Waals surface area contributed by atoms with Gasteiger partial charge in [0.1, 0.15) is 0 Å². The van der Waals surface area contributed by atoms with Crippen molar-refractivity contribution in [2.45, 2.75) is 45.6 Å². The predicted octanol–water partition coefficient (Wildman–Crippen LogP) is 5.14. The molecule has 164 valence electrons. The molecule has 1 atom stereocenters. The second-order valence-corrected chi connectivity index (χ2v) is 9.74. The average Bonchev–Trinajstić information content (AvgIpc) is 3.45. The molecule has 1 aliphatic heterocycles. The van der Waals surface area contributed by atoms with Crippen molar-refractivity contribution < 1.29 is 0 Å². The number of thiophene rings is 1. The molecule has 4 rings (SSSR count). The van der Waals surface area contributed by atoms with E-state index in [0.717, 1.165) is 63.6 Å². The lowest BCUT2D eigenvalue weighted by atomic mass is 9.73. The third-order valence-corrected chi connectivity index (χ3v) is 7.84. The average molecular weight is 436 g/mol. The van der Waals surface area contributed by atoms with E-state index in [1.54, 1.807) is 11.3 Å². The number of hydrogen-bond acceptors (Lipinski definition) is 5. The Kier molecular flexibility index (Phi) is 6.64. The number of benzene rings is 1. The summed E-state index contributed by atoms with van der Waals surface area (Å²) in [6.07, 6.45) is 1.98. The standard InChI is InChI=1S/C25H33N5S/c1-4-30-22-10-6-5-9-21(22)27-24(30)29-16-14-28(15-17-29)13-8-12-25(19-26,20(2)3)23-11-7-18-31-23/h5-7,9-11,18,20H,4,8,12-17H2,1-3H3. The number of nitriles is 1. The Morgan fingerprint density at radius 2 is 1.90 bits per heavy atom. The summed E-state index contributed by atoms with van der Waals surface area (Å²) in [5.74, 6) is 1.42. The summed E-state index contributed by atoms with van der Waals surface area (Å²) in [6.45, 7) is 12.6. The number of fused-ring (bicyclic) bond motifs is 1. The SMILES string of the molecule is CCn1c(N2CCN(CCCC(C#N)(c3cccs3)C(C)C)CC2)nc2ccccc21. The van der Waals surface area contributed by atoms with Gasteiger partial charge in [-0.1, -0.05) is 32.0 Å². The maximum Gasteiger partial charge on any atom is 0.206 e. The van der Waals surface area contributed by atoms with Crippen LogP contribution in [0.25, 0.3) is 11.0 Å². The van der Waals surface area contributed by atoms with Crippen molar-refractivity contribution in [3.05, 3.63) is 46.7 Å². The van der Waals surface area contributed by atoms with Crippen molar-refractivity contribution in [2.24, 2.45) is 5.92 Å². The number of para-hydroxylation sites is 2. The summed E-state index contributed by atoms with van der Waals surface area (Å²) in [6, 6.07) is 15.3. The Bertz CT molecular complexity index is 1020. The Labute approximate surface area is 189 Å². The Morgan fingerprint density at radius 1 is 1.13 bits per heavy atom. The van der Waals surface area contributed by atoms with Gasteiger partial charge >= 0.3 is 0 Å². The largest absolute Gasteiger partial charge is 0.340 e. The molecule has 6 heteroatoms. The van der Waals surface area contributed by atoms with Crippen LogP contribution in [0, 0.1) is 17.2 Å². The van der Waals surface area contributed by atoms with Crippen molar-refractivity contribution in [1.29, 1.82) is 5.26 Å². The fraction of sp³-hybridized carbons (Fsp3) is 0.520. The number of aryl methyl sites for hydroxylation is 1. The lowest BCUT2D eigenvalue weighted by molar-refractivity contribution is 0.238. The minimum Gasteiger partial charge on any atom is -0.340 e. The normalized spacial score (nSPS) is 17.2. The summed E-state index contributed by atoms with van der Waals surface area (Å²) in [5.41, 5.74) is 1.94. The second-order valence-electron chi connectivity index (χ2n) is 8.79. The van der Waals surface area contributed by atoms with Crippen molar-refractivity contribution in [1.82, 2.24) is 14.5 Å². The van der Waals surface area contributed by atoms with Crippen LogP contribution in [0.5, 0.6) is 0 Å². The number of piperazine rings is 1. The highest BCUT2D eigenvalue weighted by molar-refractivity contribution is 7.10. The van der Waals surface area contributed by atoms with Crippen LogP contribution in [0.2, 0.25) is 0 Å². The van der Waals surface area contributed by atoms with E-state index in [0.29, 0.717) is 5.92 Å². The van der Waals surface area contributed by atoms with E-state index >= 15 is 0 Å². The van der Waals surface area contributed by atoms with E-state index in [1.807, 2.05) is 0 Å². The van der Waals surface area contributed by atoms with Gasteiger partial charge in [-0.15, -0.1) is 11.3 Å². The zero-order valence-corrected chi connectivity index (χ0v) is 19.7. The van der Waals surface area contributed by atoms with Crippen LogP contribution in [0.15, 0.2) is 41.8 Å². The van der Waals surface area contributed by atoms with Gasteiger partial charge in [0.2, 0.25) is 5.95 Å². The number of aromatic nitrogens is 2. The molecule has 0 radical (unpaired) electrons. The number of rotatable bonds is 8. The smallest absolute Gasteiger partial charge is 0.206 e. The third-order valence-electron chi connectivity index (χ3n) is 6.80. The molecule has 0 amide bonds. The molecule has 5 nitrogen and oxygen atoms in total. The fourth-order valence-electron chi connectivity index (χ4n) is 4.84. The highest BCUT2D eigenvalue weighted by Gasteiger charge is 2.36. The lowest BCUT2D eigenvalue weighted by Crippen LogP contribution is -2.47. The minimum atomic E-state index is -0.359. The van der Waals surface area contributed by atoms with E-state index in [1.165, 1.54) is 10.4 Å². The van der Waals surface area contributed by atoms with Gasteiger partial charge in [0.05, 0.1) is 22.5 Å². The van der Waals surface area contributed by atoms with Crippen LogP contribution < -0.4 is 4.90 Å². The molecule has 1 saturated heterocycles.